The maximum Gasteiger partial charge on any atom is 0.228 e. The van der Waals surface area contributed by atoms with Crippen LogP contribution in [0.1, 0.15) is 27.5 Å². The van der Waals surface area contributed by atoms with E-state index in [9.17, 15) is 9.59 Å². The monoisotopic (exact) mass is 341 g/mol. The summed E-state index contributed by atoms with van der Waals surface area (Å²) in [5, 5.41) is 0. The summed E-state index contributed by atoms with van der Waals surface area (Å²) in [6, 6.07) is 28.0. The maximum absolute atomic E-state index is 13.0. The molecule has 128 valence electrons. The second-order valence-corrected chi connectivity index (χ2v) is 6.49. The van der Waals surface area contributed by atoms with Crippen LogP contribution >= 0.6 is 0 Å². The highest BCUT2D eigenvalue weighted by Gasteiger charge is 2.55. The molecule has 1 amide bonds. The Morgan fingerprint density at radius 2 is 1.27 bits per heavy atom. The Labute approximate surface area is 152 Å². The van der Waals surface area contributed by atoms with Crippen molar-refractivity contribution >= 4 is 11.7 Å². The van der Waals surface area contributed by atoms with E-state index in [4.69, 9.17) is 0 Å². The Bertz CT molecular complexity index is 907. The van der Waals surface area contributed by atoms with Crippen LogP contribution in [0.25, 0.3) is 0 Å². The smallest absolute Gasteiger partial charge is 0.228 e. The number of rotatable bonds is 5. The summed E-state index contributed by atoms with van der Waals surface area (Å²) < 4.78 is 0. The van der Waals surface area contributed by atoms with Gasteiger partial charge in [-0.2, -0.15) is 0 Å². The third-order valence-corrected chi connectivity index (χ3v) is 4.76. The lowest BCUT2D eigenvalue weighted by atomic mass is 10.0. The van der Waals surface area contributed by atoms with Gasteiger partial charge in [0.2, 0.25) is 5.91 Å². The molecule has 1 saturated heterocycles. The van der Waals surface area contributed by atoms with Gasteiger partial charge in [0, 0.05) is 5.56 Å². The summed E-state index contributed by atoms with van der Waals surface area (Å²) >= 11 is 0. The lowest BCUT2D eigenvalue weighted by molar-refractivity contribution is -0.125. The van der Waals surface area contributed by atoms with Crippen LogP contribution in [0.4, 0.5) is 0 Å². The maximum atomic E-state index is 13.0. The van der Waals surface area contributed by atoms with Crippen molar-refractivity contribution in [1.29, 1.82) is 0 Å². The highest BCUT2D eigenvalue weighted by atomic mass is 16.2. The van der Waals surface area contributed by atoms with Gasteiger partial charge in [-0.25, -0.2) is 0 Å². The zero-order chi connectivity index (χ0) is 17.9. The molecule has 3 aromatic carbocycles. The third kappa shape index (κ3) is 3.16. The number of hydrogen-bond acceptors (Lipinski definition) is 2. The van der Waals surface area contributed by atoms with Crippen molar-refractivity contribution in [3.63, 3.8) is 0 Å². The first-order valence-corrected chi connectivity index (χ1v) is 8.75. The number of Topliss-reactive ketones (excluding diaryl/α,β-unsaturated/α-hetero) is 1. The normalized spacial score (nSPS) is 18.4. The van der Waals surface area contributed by atoms with E-state index >= 15 is 0 Å². The van der Waals surface area contributed by atoms with E-state index in [1.54, 1.807) is 4.90 Å². The van der Waals surface area contributed by atoms with Gasteiger partial charge in [-0.1, -0.05) is 91.0 Å². The van der Waals surface area contributed by atoms with E-state index < -0.39 is 6.04 Å². The molecule has 0 saturated carbocycles. The number of amides is 1. The predicted octanol–water partition coefficient (Wildman–Crippen LogP) is 4.06. The van der Waals surface area contributed by atoms with E-state index in [0.717, 1.165) is 11.1 Å². The summed E-state index contributed by atoms with van der Waals surface area (Å²) in [6.07, 6.45) is 0.308. The molecule has 1 fully saturated rings. The van der Waals surface area contributed by atoms with Crippen LogP contribution in [0.5, 0.6) is 0 Å². The molecular weight excluding hydrogens is 322 g/mol. The van der Waals surface area contributed by atoms with Crippen LogP contribution in [0, 0.1) is 0 Å². The van der Waals surface area contributed by atoms with E-state index in [2.05, 4.69) is 0 Å². The van der Waals surface area contributed by atoms with Gasteiger partial charge >= 0.3 is 0 Å². The summed E-state index contributed by atoms with van der Waals surface area (Å²) in [6.45, 7) is 0. The van der Waals surface area contributed by atoms with Crippen LogP contribution in [-0.4, -0.2) is 22.6 Å². The minimum atomic E-state index is -0.420. The van der Waals surface area contributed by atoms with Crippen molar-refractivity contribution in [3.8, 4) is 0 Å². The van der Waals surface area contributed by atoms with Crippen LogP contribution in [-0.2, 0) is 11.2 Å². The van der Waals surface area contributed by atoms with Gasteiger partial charge < -0.3 is 4.90 Å². The number of hydrogen-bond donors (Lipinski definition) is 0. The number of benzene rings is 3. The average Bonchev–Trinajstić information content (AvgIpc) is 3.45. The first-order chi connectivity index (χ1) is 12.8. The molecule has 1 aliphatic rings. The fourth-order valence-electron chi connectivity index (χ4n) is 3.44. The molecule has 0 aromatic heterocycles. The van der Waals surface area contributed by atoms with Crippen LogP contribution < -0.4 is 0 Å². The van der Waals surface area contributed by atoms with Gasteiger partial charge in [-0.15, -0.1) is 0 Å². The summed E-state index contributed by atoms with van der Waals surface area (Å²) in [5.74, 6) is -0.0137. The average molecular weight is 341 g/mol. The standard InChI is InChI=1S/C23H19NO2/c25-20(16-17-10-4-1-5-11-17)24-21(18-12-6-2-7-13-18)22(24)23(26)19-14-8-3-9-15-19/h1-15,21-22H,16H2/t21-,22+,24?/m0/s1. The summed E-state index contributed by atoms with van der Waals surface area (Å²) in [4.78, 5) is 27.6. The molecule has 2 atom stereocenters. The molecule has 1 aliphatic heterocycles. The molecule has 3 nitrogen and oxygen atoms in total. The fourth-order valence-corrected chi connectivity index (χ4v) is 3.44. The third-order valence-electron chi connectivity index (χ3n) is 4.76. The van der Waals surface area contributed by atoms with Crippen LogP contribution in [0.15, 0.2) is 91.0 Å². The van der Waals surface area contributed by atoms with Crippen molar-refractivity contribution in [3.05, 3.63) is 108 Å². The Balaban J connectivity index is 1.60. The molecule has 1 heterocycles. The Morgan fingerprint density at radius 3 is 1.88 bits per heavy atom. The molecular formula is C23H19NO2. The van der Waals surface area contributed by atoms with Gasteiger partial charge in [0.05, 0.1) is 12.5 Å². The van der Waals surface area contributed by atoms with Crippen molar-refractivity contribution < 1.29 is 9.59 Å². The number of nitrogens with zero attached hydrogens (tertiary/aromatic N) is 1. The molecule has 0 aliphatic carbocycles. The zero-order valence-electron chi connectivity index (χ0n) is 14.3. The van der Waals surface area contributed by atoms with Crippen molar-refractivity contribution in [2.24, 2.45) is 0 Å². The van der Waals surface area contributed by atoms with Crippen LogP contribution in [0.3, 0.4) is 0 Å². The molecule has 0 spiro atoms. The SMILES string of the molecule is O=C(c1ccccc1)[C@H]1[C@H](c2ccccc2)N1C(=O)Cc1ccccc1. The largest absolute Gasteiger partial charge is 0.320 e. The quantitative estimate of drug-likeness (QED) is 0.518. The number of carbonyl (C=O) groups is 2. The van der Waals surface area contributed by atoms with Gasteiger partial charge in [0.1, 0.15) is 6.04 Å². The molecule has 0 radical (unpaired) electrons. The second kappa shape index (κ2) is 6.96. The van der Waals surface area contributed by atoms with Gasteiger partial charge in [0.15, 0.2) is 5.78 Å². The Kier molecular flexibility index (Phi) is 4.36. The first-order valence-electron chi connectivity index (χ1n) is 8.75. The molecule has 0 N–H and O–H groups in total. The Hall–Kier alpha value is -3.20. The molecule has 4 rings (SSSR count). The van der Waals surface area contributed by atoms with Gasteiger partial charge in [-0.3, -0.25) is 9.59 Å². The molecule has 26 heavy (non-hydrogen) atoms. The molecule has 0 bridgehead atoms. The minimum Gasteiger partial charge on any atom is -0.320 e. The molecule has 0 unspecified atom stereocenters. The zero-order valence-corrected chi connectivity index (χ0v) is 14.3. The molecule has 3 aromatic rings. The van der Waals surface area contributed by atoms with E-state index in [1.165, 1.54) is 0 Å². The second-order valence-electron chi connectivity index (χ2n) is 6.49. The van der Waals surface area contributed by atoms with Crippen molar-refractivity contribution in [2.75, 3.05) is 0 Å². The van der Waals surface area contributed by atoms with E-state index in [-0.39, 0.29) is 17.7 Å². The highest BCUT2D eigenvalue weighted by Crippen LogP contribution is 2.45. The summed E-state index contributed by atoms with van der Waals surface area (Å²) in [7, 11) is 0. The summed E-state index contributed by atoms with van der Waals surface area (Å²) in [5.41, 5.74) is 2.61. The molecule has 3 heteroatoms. The van der Waals surface area contributed by atoms with E-state index in [1.807, 2.05) is 91.0 Å². The number of ketones is 1. The predicted molar refractivity (Wildman–Crippen MR) is 101 cm³/mol. The van der Waals surface area contributed by atoms with Gasteiger partial charge in [0.25, 0.3) is 0 Å². The fraction of sp³-hybridized carbons (Fsp3) is 0.130. The van der Waals surface area contributed by atoms with Crippen LogP contribution in [0.2, 0.25) is 0 Å². The highest BCUT2D eigenvalue weighted by molar-refractivity contribution is 6.06. The lowest BCUT2D eigenvalue weighted by Gasteiger charge is -2.05. The van der Waals surface area contributed by atoms with Crippen molar-refractivity contribution in [2.45, 2.75) is 18.5 Å². The first kappa shape index (κ1) is 16.3. The number of carbonyl (C=O) groups excluding carboxylic acids is 2. The van der Waals surface area contributed by atoms with Gasteiger partial charge in [-0.05, 0) is 11.1 Å². The minimum absolute atomic E-state index is 0.000801. The van der Waals surface area contributed by atoms with E-state index in [0.29, 0.717) is 12.0 Å². The Morgan fingerprint density at radius 1 is 0.731 bits per heavy atom. The van der Waals surface area contributed by atoms with Crippen molar-refractivity contribution in [1.82, 2.24) is 4.90 Å². The lowest BCUT2D eigenvalue weighted by Crippen LogP contribution is -2.20. The topological polar surface area (TPSA) is 37.1 Å².